The Kier molecular flexibility index (Phi) is 7.49. The summed E-state index contributed by atoms with van der Waals surface area (Å²) in [6, 6.07) is 8.77. The van der Waals surface area contributed by atoms with E-state index in [1.54, 1.807) is 0 Å². The molecule has 0 spiro atoms. The van der Waals surface area contributed by atoms with Crippen LogP contribution in [0.1, 0.15) is 57.1 Å². The number of likely N-dealkylation sites (N-methyl/N-ethyl adjacent to an activating group) is 1. The van der Waals surface area contributed by atoms with Crippen molar-refractivity contribution in [2.75, 3.05) is 45.1 Å². The Morgan fingerprint density at radius 2 is 1.86 bits per heavy atom. The standard InChI is InChI=1S/C28H37N7O/c1-3-4-11-30-28-31-18-25-23-10-7-21(19-34-14-12-33(2)13-15-34)16-24(23)27(36)35(26(25)32-28)22-8-5-20(17-29)6-9-22/h7,10,16,18,20,22H,3-6,8-9,11-15,19H2,1-2H3,(H,30,31,32). The second-order valence-electron chi connectivity index (χ2n) is 10.5. The van der Waals surface area contributed by atoms with Crippen LogP contribution < -0.4 is 10.9 Å². The van der Waals surface area contributed by atoms with Crippen molar-refractivity contribution < 1.29 is 0 Å². The van der Waals surface area contributed by atoms with Gasteiger partial charge in [0.15, 0.2) is 0 Å². The van der Waals surface area contributed by atoms with Gasteiger partial charge in [0.25, 0.3) is 5.56 Å². The zero-order valence-electron chi connectivity index (χ0n) is 21.5. The highest BCUT2D eigenvalue weighted by atomic mass is 16.1. The summed E-state index contributed by atoms with van der Waals surface area (Å²) < 4.78 is 1.91. The van der Waals surface area contributed by atoms with E-state index in [9.17, 15) is 10.1 Å². The number of pyridine rings is 1. The first-order valence-corrected chi connectivity index (χ1v) is 13.5. The Morgan fingerprint density at radius 3 is 2.58 bits per heavy atom. The van der Waals surface area contributed by atoms with Gasteiger partial charge in [0.2, 0.25) is 5.95 Å². The normalized spacial score (nSPS) is 21.6. The SMILES string of the molecule is CCCCNc1ncc2c3ccc(CN4CCN(C)CC4)cc3c(=O)n(C3CCC(C#N)CC3)c2n1. The van der Waals surface area contributed by atoms with Gasteiger partial charge < -0.3 is 10.2 Å². The maximum Gasteiger partial charge on any atom is 0.260 e. The minimum atomic E-state index is 0.0244. The van der Waals surface area contributed by atoms with Crippen molar-refractivity contribution in [3.63, 3.8) is 0 Å². The van der Waals surface area contributed by atoms with Crippen molar-refractivity contribution in [3.05, 3.63) is 40.3 Å². The molecule has 2 aromatic heterocycles. The van der Waals surface area contributed by atoms with E-state index in [1.807, 2.05) is 10.8 Å². The van der Waals surface area contributed by atoms with Gasteiger partial charge in [-0.2, -0.15) is 10.2 Å². The zero-order chi connectivity index (χ0) is 25.1. The van der Waals surface area contributed by atoms with Crippen molar-refractivity contribution in [1.29, 1.82) is 5.26 Å². The Morgan fingerprint density at radius 1 is 1.08 bits per heavy atom. The summed E-state index contributed by atoms with van der Waals surface area (Å²) in [5.41, 5.74) is 1.90. The minimum Gasteiger partial charge on any atom is -0.354 e. The van der Waals surface area contributed by atoms with E-state index < -0.39 is 0 Å². The molecule has 0 atom stereocenters. The van der Waals surface area contributed by atoms with Gasteiger partial charge in [0, 0.05) is 68.2 Å². The van der Waals surface area contributed by atoms with Crippen LogP contribution >= 0.6 is 0 Å². The number of unbranched alkanes of at least 4 members (excludes halogenated alkanes) is 1. The van der Waals surface area contributed by atoms with Crippen LogP contribution in [-0.2, 0) is 6.54 Å². The lowest BCUT2D eigenvalue weighted by Gasteiger charge is -2.32. The van der Waals surface area contributed by atoms with Gasteiger partial charge in [0.05, 0.1) is 6.07 Å². The maximum absolute atomic E-state index is 14.0. The molecule has 1 aliphatic carbocycles. The lowest BCUT2D eigenvalue weighted by Crippen LogP contribution is -2.43. The number of fused-ring (bicyclic) bond motifs is 3. The molecule has 0 amide bonds. The molecule has 1 aliphatic heterocycles. The minimum absolute atomic E-state index is 0.0244. The Hall–Kier alpha value is -3.02. The van der Waals surface area contributed by atoms with E-state index in [1.165, 1.54) is 5.56 Å². The molecule has 1 saturated carbocycles. The quantitative estimate of drug-likeness (QED) is 0.395. The topological polar surface area (TPSA) is 90.1 Å². The molecule has 8 nitrogen and oxygen atoms in total. The fourth-order valence-electron chi connectivity index (χ4n) is 5.60. The average Bonchev–Trinajstić information content (AvgIpc) is 2.91. The van der Waals surface area contributed by atoms with Crippen LogP contribution in [0.5, 0.6) is 0 Å². The molecule has 36 heavy (non-hydrogen) atoms. The maximum atomic E-state index is 14.0. The number of nitriles is 1. The van der Waals surface area contributed by atoms with Crippen LogP contribution in [0, 0.1) is 17.2 Å². The van der Waals surface area contributed by atoms with E-state index in [2.05, 4.69) is 58.3 Å². The molecule has 0 unspecified atom stereocenters. The zero-order valence-corrected chi connectivity index (χ0v) is 21.5. The highest BCUT2D eigenvalue weighted by Crippen LogP contribution is 2.34. The highest BCUT2D eigenvalue weighted by molar-refractivity contribution is 6.04. The molecule has 5 rings (SSSR count). The summed E-state index contributed by atoms with van der Waals surface area (Å²) in [6.07, 6.45) is 7.29. The number of hydrogen-bond donors (Lipinski definition) is 1. The van der Waals surface area contributed by atoms with E-state index in [4.69, 9.17) is 4.98 Å². The van der Waals surface area contributed by atoms with Gasteiger partial charge in [0.1, 0.15) is 5.65 Å². The van der Waals surface area contributed by atoms with Crippen LogP contribution in [0.2, 0.25) is 0 Å². The van der Waals surface area contributed by atoms with Gasteiger partial charge in [-0.15, -0.1) is 0 Å². The fourth-order valence-corrected chi connectivity index (χ4v) is 5.60. The molecule has 0 bridgehead atoms. The molecule has 2 fully saturated rings. The van der Waals surface area contributed by atoms with Crippen LogP contribution in [0.4, 0.5) is 5.95 Å². The van der Waals surface area contributed by atoms with Crippen molar-refractivity contribution in [2.24, 2.45) is 5.92 Å². The first-order valence-electron chi connectivity index (χ1n) is 13.5. The summed E-state index contributed by atoms with van der Waals surface area (Å²) >= 11 is 0. The number of hydrogen-bond acceptors (Lipinski definition) is 7. The first kappa shape index (κ1) is 24.7. The molecule has 190 valence electrons. The molecule has 3 aromatic rings. The van der Waals surface area contributed by atoms with Crippen LogP contribution in [0.3, 0.4) is 0 Å². The molecular weight excluding hydrogens is 450 g/mol. The lowest BCUT2D eigenvalue weighted by molar-refractivity contribution is 0.148. The highest BCUT2D eigenvalue weighted by Gasteiger charge is 2.26. The van der Waals surface area contributed by atoms with E-state index >= 15 is 0 Å². The fraction of sp³-hybridized carbons (Fsp3) is 0.571. The van der Waals surface area contributed by atoms with E-state index in [-0.39, 0.29) is 17.5 Å². The molecule has 3 heterocycles. The summed E-state index contributed by atoms with van der Waals surface area (Å²) in [6.45, 7) is 8.04. The van der Waals surface area contributed by atoms with Gasteiger partial charge in [-0.1, -0.05) is 25.5 Å². The molecule has 1 saturated heterocycles. The Balaban J connectivity index is 1.57. The number of rotatable bonds is 7. The molecule has 8 heteroatoms. The summed E-state index contributed by atoms with van der Waals surface area (Å²) in [5, 5.41) is 15.3. The summed E-state index contributed by atoms with van der Waals surface area (Å²) in [7, 11) is 2.16. The Labute approximate surface area is 212 Å². The first-order chi connectivity index (χ1) is 17.6. The molecule has 0 radical (unpaired) electrons. The van der Waals surface area contributed by atoms with Crippen molar-refractivity contribution in [2.45, 2.75) is 58.0 Å². The smallest absolute Gasteiger partial charge is 0.260 e. The van der Waals surface area contributed by atoms with Crippen molar-refractivity contribution in [3.8, 4) is 6.07 Å². The van der Waals surface area contributed by atoms with Crippen molar-refractivity contribution >= 4 is 27.8 Å². The Bertz CT molecular complexity index is 1310. The molecule has 1 aromatic carbocycles. The number of aromatic nitrogens is 3. The second kappa shape index (κ2) is 10.9. The lowest BCUT2D eigenvalue weighted by atomic mass is 9.86. The van der Waals surface area contributed by atoms with Crippen molar-refractivity contribution in [1.82, 2.24) is 24.3 Å². The second-order valence-corrected chi connectivity index (χ2v) is 10.5. The molecule has 1 N–H and O–H groups in total. The average molecular weight is 488 g/mol. The van der Waals surface area contributed by atoms with E-state index in [0.717, 1.165) is 94.0 Å². The van der Waals surface area contributed by atoms with Gasteiger partial charge in [-0.05, 0) is 56.2 Å². The largest absolute Gasteiger partial charge is 0.354 e. The summed E-state index contributed by atoms with van der Waals surface area (Å²) in [5.74, 6) is 0.653. The third kappa shape index (κ3) is 5.09. The van der Waals surface area contributed by atoms with Crippen LogP contribution in [0.15, 0.2) is 29.2 Å². The number of benzene rings is 1. The number of anilines is 1. The monoisotopic (exact) mass is 487 g/mol. The predicted octanol–water partition coefficient (Wildman–Crippen LogP) is 4.16. The van der Waals surface area contributed by atoms with Crippen LogP contribution in [0.25, 0.3) is 21.8 Å². The van der Waals surface area contributed by atoms with Gasteiger partial charge in [-0.3, -0.25) is 14.3 Å². The molecular formula is C28H37N7O. The molecule has 2 aliphatic rings. The van der Waals surface area contributed by atoms with Gasteiger partial charge in [-0.25, -0.2) is 4.98 Å². The van der Waals surface area contributed by atoms with Crippen LogP contribution in [-0.4, -0.2) is 64.1 Å². The number of nitrogens with one attached hydrogen (secondary N) is 1. The summed E-state index contributed by atoms with van der Waals surface area (Å²) in [4.78, 5) is 28.3. The van der Waals surface area contributed by atoms with E-state index in [0.29, 0.717) is 11.6 Å². The number of piperazine rings is 1. The van der Waals surface area contributed by atoms with Gasteiger partial charge >= 0.3 is 0 Å². The third-order valence-corrected chi connectivity index (χ3v) is 7.88. The third-order valence-electron chi connectivity index (χ3n) is 7.88. The number of nitrogens with zero attached hydrogens (tertiary/aromatic N) is 6. The predicted molar refractivity (Wildman–Crippen MR) is 144 cm³/mol.